The number of nitrogens with zero attached hydrogens (tertiary/aromatic N) is 1. The fraction of sp³-hybridized carbons (Fsp3) is 0.720. The highest BCUT2D eigenvalue weighted by molar-refractivity contribution is 7.91. The highest BCUT2D eigenvalue weighted by Gasteiger charge is 2.35. The number of likely N-dealkylation sites (tertiary alicyclic amines) is 1. The Morgan fingerprint density at radius 1 is 1.12 bits per heavy atom. The summed E-state index contributed by atoms with van der Waals surface area (Å²) in [5.74, 6) is 1.30. The van der Waals surface area contributed by atoms with Crippen LogP contribution in [0, 0.1) is 5.92 Å². The van der Waals surface area contributed by atoms with Gasteiger partial charge >= 0.3 is 6.09 Å². The highest BCUT2D eigenvalue weighted by Crippen LogP contribution is 2.39. The average molecular weight is 514 g/mol. The van der Waals surface area contributed by atoms with Crippen molar-refractivity contribution in [2.45, 2.75) is 82.4 Å². The Morgan fingerprint density at radius 3 is 2.41 bits per heavy atom. The minimum Gasteiger partial charge on any atom is -0.489 e. The van der Waals surface area contributed by atoms with Gasteiger partial charge in [0.05, 0.1) is 22.1 Å². The second kappa shape index (κ2) is 10.2. The molecule has 2 heterocycles. The lowest BCUT2D eigenvalue weighted by atomic mass is 9.91. The monoisotopic (exact) mass is 513 g/mol. The van der Waals surface area contributed by atoms with E-state index in [1.165, 1.54) is 0 Å². The normalized spacial score (nSPS) is 27.3. The molecule has 1 unspecified atom stereocenters. The van der Waals surface area contributed by atoms with Crippen molar-refractivity contribution in [3.05, 3.63) is 28.8 Å². The minimum absolute atomic E-state index is 0.0533. The summed E-state index contributed by atoms with van der Waals surface area (Å²) in [5.41, 5.74) is 0.283. The molecule has 1 amide bonds. The molecule has 2 aliphatic heterocycles. The molecule has 0 spiro atoms. The fourth-order valence-corrected chi connectivity index (χ4v) is 6.96. The maximum absolute atomic E-state index is 12.2. The standard InChI is InChI=1S/C25H36ClNO6S/c1-25(2,3)33-24(28)27-10-8-17(9-11-27)16-31-19-14-20(15-19)32-22-7-6-18(13-21(22)26)23-5-4-12-34(23,29)30/h6-7,13,17,19-20,23H,4-5,8-12,14-16H2,1-3H3. The van der Waals surface area contributed by atoms with Crippen molar-refractivity contribution in [3.63, 3.8) is 0 Å². The van der Waals surface area contributed by atoms with Crippen molar-refractivity contribution in [1.82, 2.24) is 4.90 Å². The number of hydrogen-bond acceptors (Lipinski definition) is 6. The first kappa shape index (κ1) is 25.6. The fourth-order valence-electron chi connectivity index (χ4n) is 4.79. The van der Waals surface area contributed by atoms with Crippen LogP contribution in [-0.4, -0.2) is 62.7 Å². The van der Waals surface area contributed by atoms with Crippen LogP contribution < -0.4 is 4.74 Å². The summed E-state index contributed by atoms with van der Waals surface area (Å²) in [6.45, 7) is 7.75. The summed E-state index contributed by atoms with van der Waals surface area (Å²) in [6.07, 6.45) is 4.82. The van der Waals surface area contributed by atoms with E-state index in [4.69, 9.17) is 25.8 Å². The molecule has 9 heteroatoms. The van der Waals surface area contributed by atoms with E-state index >= 15 is 0 Å². The number of amides is 1. The summed E-state index contributed by atoms with van der Waals surface area (Å²) in [4.78, 5) is 14.0. The molecule has 0 aromatic heterocycles. The van der Waals surface area contributed by atoms with E-state index in [1.807, 2.05) is 26.8 Å². The Kier molecular flexibility index (Phi) is 7.70. The molecule has 4 rings (SSSR count). The third-order valence-corrected chi connectivity index (χ3v) is 9.36. The van der Waals surface area contributed by atoms with Gasteiger partial charge in [-0.15, -0.1) is 0 Å². The summed E-state index contributed by atoms with van der Waals surface area (Å²) in [7, 11) is -3.07. The lowest BCUT2D eigenvalue weighted by Crippen LogP contribution is -2.43. The molecule has 0 N–H and O–H groups in total. The number of rotatable bonds is 6. The maximum Gasteiger partial charge on any atom is 0.410 e. The van der Waals surface area contributed by atoms with Gasteiger partial charge in [0.2, 0.25) is 0 Å². The molecule has 34 heavy (non-hydrogen) atoms. The van der Waals surface area contributed by atoms with Crippen molar-refractivity contribution >= 4 is 27.5 Å². The van der Waals surface area contributed by atoms with Crippen molar-refractivity contribution in [2.24, 2.45) is 5.92 Å². The lowest BCUT2D eigenvalue weighted by molar-refractivity contribution is -0.0762. The molecule has 190 valence electrons. The number of carbonyl (C=O) groups excluding carboxylic acids is 1. The molecule has 7 nitrogen and oxygen atoms in total. The Labute approximate surface area is 208 Å². The van der Waals surface area contributed by atoms with Gasteiger partial charge in [-0.1, -0.05) is 17.7 Å². The summed E-state index contributed by atoms with van der Waals surface area (Å²) < 4.78 is 42.0. The van der Waals surface area contributed by atoms with Gasteiger partial charge in [-0.25, -0.2) is 13.2 Å². The number of ether oxygens (including phenoxy) is 3. The molecular formula is C25H36ClNO6S. The van der Waals surface area contributed by atoms with Crippen LogP contribution >= 0.6 is 11.6 Å². The average Bonchev–Trinajstić information content (AvgIpc) is 3.08. The Bertz CT molecular complexity index is 978. The first-order valence-corrected chi connectivity index (χ1v) is 14.4. The SMILES string of the molecule is CC(C)(C)OC(=O)N1CCC(COC2CC(Oc3ccc(C4CCCS4(=O)=O)cc3Cl)C2)CC1. The van der Waals surface area contributed by atoms with Crippen LogP contribution in [0.4, 0.5) is 4.79 Å². The number of sulfone groups is 1. The van der Waals surface area contributed by atoms with Crippen molar-refractivity contribution < 1.29 is 27.4 Å². The highest BCUT2D eigenvalue weighted by atomic mass is 35.5. The van der Waals surface area contributed by atoms with Gasteiger partial charge in [0, 0.05) is 32.5 Å². The van der Waals surface area contributed by atoms with E-state index < -0.39 is 20.7 Å². The number of halogens is 1. The van der Waals surface area contributed by atoms with Crippen LogP contribution in [-0.2, 0) is 19.3 Å². The van der Waals surface area contributed by atoms with Crippen LogP contribution in [0.1, 0.15) is 70.1 Å². The Hall–Kier alpha value is -1.51. The van der Waals surface area contributed by atoms with Gasteiger partial charge in [-0.05, 0) is 70.1 Å². The minimum atomic E-state index is -3.07. The van der Waals surface area contributed by atoms with Gasteiger partial charge in [-0.3, -0.25) is 0 Å². The number of piperidine rings is 1. The molecule has 3 fully saturated rings. The molecule has 1 aliphatic carbocycles. The van der Waals surface area contributed by atoms with Crippen LogP contribution in [0.25, 0.3) is 0 Å². The van der Waals surface area contributed by atoms with E-state index in [0.29, 0.717) is 49.2 Å². The van der Waals surface area contributed by atoms with Crippen molar-refractivity contribution in [1.29, 1.82) is 0 Å². The zero-order chi connectivity index (χ0) is 24.5. The van der Waals surface area contributed by atoms with Gasteiger partial charge in [0.25, 0.3) is 0 Å². The Morgan fingerprint density at radius 2 is 1.82 bits per heavy atom. The molecule has 1 aromatic carbocycles. The largest absolute Gasteiger partial charge is 0.489 e. The van der Waals surface area contributed by atoms with E-state index in [9.17, 15) is 13.2 Å². The summed E-state index contributed by atoms with van der Waals surface area (Å²) in [5, 5.41) is 0.0113. The molecule has 1 saturated carbocycles. The van der Waals surface area contributed by atoms with Crippen molar-refractivity contribution in [3.8, 4) is 5.75 Å². The van der Waals surface area contributed by atoms with E-state index in [1.54, 1.807) is 17.0 Å². The van der Waals surface area contributed by atoms with E-state index in [2.05, 4.69) is 0 Å². The quantitative estimate of drug-likeness (QED) is 0.522. The summed E-state index contributed by atoms with van der Waals surface area (Å²) >= 11 is 6.41. The third kappa shape index (κ3) is 6.38. The predicted octanol–water partition coefficient (Wildman–Crippen LogP) is 5.16. The van der Waals surface area contributed by atoms with E-state index in [0.717, 1.165) is 31.2 Å². The van der Waals surface area contributed by atoms with Crippen LogP contribution in [0.5, 0.6) is 5.75 Å². The first-order valence-electron chi connectivity index (χ1n) is 12.3. The van der Waals surface area contributed by atoms with Gasteiger partial charge in [0.15, 0.2) is 9.84 Å². The van der Waals surface area contributed by atoms with Gasteiger partial charge < -0.3 is 19.1 Å². The molecule has 0 radical (unpaired) electrons. The smallest absolute Gasteiger partial charge is 0.410 e. The Balaban J connectivity index is 1.16. The number of hydrogen-bond donors (Lipinski definition) is 0. The topological polar surface area (TPSA) is 82.1 Å². The van der Waals surface area contributed by atoms with Crippen LogP contribution in [0.2, 0.25) is 5.02 Å². The number of carbonyl (C=O) groups is 1. The first-order chi connectivity index (χ1) is 16.0. The zero-order valence-corrected chi connectivity index (χ0v) is 21.9. The molecule has 0 bridgehead atoms. The summed E-state index contributed by atoms with van der Waals surface area (Å²) in [6, 6.07) is 5.35. The van der Waals surface area contributed by atoms with Crippen molar-refractivity contribution in [2.75, 3.05) is 25.4 Å². The molecule has 1 aromatic rings. The molecule has 2 saturated heterocycles. The second-order valence-electron chi connectivity index (χ2n) is 10.8. The molecule has 1 atom stereocenters. The van der Waals surface area contributed by atoms with Gasteiger partial charge in [0.1, 0.15) is 17.5 Å². The van der Waals surface area contributed by atoms with Gasteiger partial charge in [-0.2, -0.15) is 0 Å². The van der Waals surface area contributed by atoms with E-state index in [-0.39, 0.29) is 24.1 Å². The molecule has 3 aliphatic rings. The third-order valence-electron chi connectivity index (χ3n) is 6.84. The van der Waals surface area contributed by atoms with Crippen LogP contribution in [0.3, 0.4) is 0 Å². The lowest BCUT2D eigenvalue weighted by Gasteiger charge is -2.37. The zero-order valence-electron chi connectivity index (χ0n) is 20.3. The van der Waals surface area contributed by atoms with Crippen LogP contribution in [0.15, 0.2) is 18.2 Å². The second-order valence-corrected chi connectivity index (χ2v) is 13.5. The number of benzene rings is 1. The predicted molar refractivity (Wildman–Crippen MR) is 131 cm³/mol. The molecular weight excluding hydrogens is 478 g/mol. The maximum atomic E-state index is 12.2.